The van der Waals surface area contributed by atoms with Gasteiger partial charge < -0.3 is 15.0 Å². The van der Waals surface area contributed by atoms with Gasteiger partial charge in [-0.3, -0.25) is 4.79 Å². The first-order valence-electron chi connectivity index (χ1n) is 6.33. The number of nitrogens with one attached hydrogen (secondary N) is 1. The van der Waals surface area contributed by atoms with Gasteiger partial charge in [0.25, 0.3) is 0 Å². The van der Waals surface area contributed by atoms with Gasteiger partial charge >= 0.3 is 0 Å². The van der Waals surface area contributed by atoms with Crippen molar-refractivity contribution in [2.45, 2.75) is 44.2 Å². The van der Waals surface area contributed by atoms with E-state index in [2.05, 4.69) is 5.32 Å². The van der Waals surface area contributed by atoms with Gasteiger partial charge in [-0.25, -0.2) is 0 Å². The van der Waals surface area contributed by atoms with E-state index >= 15 is 0 Å². The average molecular weight is 226 g/mol. The zero-order valence-electron chi connectivity index (χ0n) is 10.1. The third-order valence-electron chi connectivity index (χ3n) is 3.66. The molecule has 1 heterocycles. The van der Waals surface area contributed by atoms with E-state index in [4.69, 9.17) is 4.74 Å². The smallest absolute Gasteiger partial charge is 0.223 e. The Balaban J connectivity index is 1.53. The maximum atomic E-state index is 11.7. The molecule has 92 valence electrons. The van der Waals surface area contributed by atoms with Crippen LogP contribution in [0.2, 0.25) is 0 Å². The highest BCUT2D eigenvalue weighted by Crippen LogP contribution is 2.22. The van der Waals surface area contributed by atoms with Crippen molar-refractivity contribution < 1.29 is 9.53 Å². The molecule has 1 aliphatic carbocycles. The van der Waals surface area contributed by atoms with Crippen molar-refractivity contribution in [3.05, 3.63) is 0 Å². The van der Waals surface area contributed by atoms with Crippen LogP contribution in [0.1, 0.15) is 32.1 Å². The molecule has 0 unspecified atom stereocenters. The lowest BCUT2D eigenvalue weighted by molar-refractivity contribution is -0.130. The Hall–Kier alpha value is -0.610. The third-order valence-corrected chi connectivity index (χ3v) is 3.66. The van der Waals surface area contributed by atoms with Gasteiger partial charge in [-0.15, -0.1) is 0 Å². The zero-order chi connectivity index (χ0) is 11.4. The molecule has 0 bridgehead atoms. The molecule has 0 radical (unpaired) electrons. The van der Waals surface area contributed by atoms with Gasteiger partial charge in [0.15, 0.2) is 0 Å². The van der Waals surface area contributed by atoms with Crippen molar-refractivity contribution in [3.8, 4) is 0 Å². The Morgan fingerprint density at radius 2 is 2.06 bits per heavy atom. The highest BCUT2D eigenvalue weighted by atomic mass is 16.5. The molecule has 2 aliphatic rings. The summed E-state index contributed by atoms with van der Waals surface area (Å²) in [5.74, 6) is 0.313. The topological polar surface area (TPSA) is 41.6 Å². The molecular formula is C12H22N2O2. The van der Waals surface area contributed by atoms with Crippen molar-refractivity contribution in [2.24, 2.45) is 0 Å². The van der Waals surface area contributed by atoms with Gasteiger partial charge in [0.05, 0.1) is 6.10 Å². The Labute approximate surface area is 97.3 Å². The van der Waals surface area contributed by atoms with Crippen LogP contribution in [-0.2, 0) is 9.53 Å². The summed E-state index contributed by atoms with van der Waals surface area (Å²) in [5, 5.41) is 3.41. The highest BCUT2D eigenvalue weighted by molar-refractivity contribution is 5.76. The fourth-order valence-electron chi connectivity index (χ4n) is 2.43. The molecule has 0 spiro atoms. The van der Waals surface area contributed by atoms with Gasteiger partial charge in [-0.05, 0) is 25.7 Å². The first-order chi connectivity index (χ1) is 7.79. The van der Waals surface area contributed by atoms with E-state index in [1.165, 1.54) is 12.8 Å². The van der Waals surface area contributed by atoms with Crippen LogP contribution < -0.4 is 5.32 Å². The summed E-state index contributed by atoms with van der Waals surface area (Å²) in [6.07, 6.45) is 5.62. The molecule has 1 saturated heterocycles. The summed E-state index contributed by atoms with van der Waals surface area (Å²) in [7, 11) is 1.76. The molecule has 1 amide bonds. The van der Waals surface area contributed by atoms with Crippen LogP contribution in [0.15, 0.2) is 0 Å². The van der Waals surface area contributed by atoms with Crippen LogP contribution in [0.4, 0.5) is 0 Å². The van der Waals surface area contributed by atoms with Crippen LogP contribution in [0.5, 0.6) is 0 Å². The molecule has 0 aromatic carbocycles. The van der Waals surface area contributed by atoms with Gasteiger partial charge in [0.1, 0.15) is 0 Å². The number of carbonyl (C=O) groups excluding carboxylic acids is 1. The first kappa shape index (κ1) is 11.9. The summed E-state index contributed by atoms with van der Waals surface area (Å²) in [5.41, 5.74) is 0. The van der Waals surface area contributed by atoms with Crippen molar-refractivity contribution in [3.63, 3.8) is 0 Å². The Kier molecular flexibility index (Phi) is 4.18. The summed E-state index contributed by atoms with van der Waals surface area (Å²) in [6, 6.07) is 0.566. The number of amides is 1. The monoisotopic (exact) mass is 226 g/mol. The molecule has 1 N–H and O–H groups in total. The molecular weight excluding hydrogens is 204 g/mol. The van der Waals surface area contributed by atoms with E-state index < -0.39 is 0 Å². The molecule has 1 aliphatic heterocycles. The molecule has 4 heteroatoms. The largest absolute Gasteiger partial charge is 0.381 e. The van der Waals surface area contributed by atoms with Gasteiger partial charge in [0, 0.05) is 39.2 Å². The number of ether oxygens (including phenoxy) is 1. The predicted octanol–water partition coefficient (Wildman–Crippen LogP) is 0.766. The second kappa shape index (κ2) is 5.64. The SMILES string of the molecule is COC1CC(NCCC(=O)N2CCCC2)C1. The van der Waals surface area contributed by atoms with Gasteiger partial charge in [-0.2, -0.15) is 0 Å². The fraction of sp³-hybridized carbons (Fsp3) is 0.917. The number of rotatable bonds is 5. The van der Waals surface area contributed by atoms with Crippen LogP contribution in [0, 0.1) is 0 Å². The number of hydrogen-bond donors (Lipinski definition) is 1. The first-order valence-corrected chi connectivity index (χ1v) is 6.33. The van der Waals surface area contributed by atoms with E-state index in [0.717, 1.165) is 32.5 Å². The molecule has 2 rings (SSSR count). The summed E-state index contributed by atoms with van der Waals surface area (Å²) in [6.45, 7) is 2.75. The second-order valence-corrected chi connectivity index (χ2v) is 4.82. The second-order valence-electron chi connectivity index (χ2n) is 4.82. The van der Waals surface area contributed by atoms with E-state index in [1.807, 2.05) is 4.90 Å². The Morgan fingerprint density at radius 3 is 2.69 bits per heavy atom. The molecule has 0 aromatic heterocycles. The van der Waals surface area contributed by atoms with E-state index in [-0.39, 0.29) is 0 Å². The Bertz CT molecular complexity index is 233. The lowest BCUT2D eigenvalue weighted by atomic mass is 9.89. The summed E-state index contributed by atoms with van der Waals surface area (Å²) >= 11 is 0. The average Bonchev–Trinajstić information content (AvgIpc) is 2.74. The van der Waals surface area contributed by atoms with Crippen molar-refractivity contribution in [1.29, 1.82) is 0 Å². The summed E-state index contributed by atoms with van der Waals surface area (Å²) in [4.78, 5) is 13.7. The van der Waals surface area contributed by atoms with Crippen LogP contribution >= 0.6 is 0 Å². The number of carbonyl (C=O) groups is 1. The third kappa shape index (κ3) is 2.95. The molecule has 2 fully saturated rings. The van der Waals surface area contributed by atoms with Gasteiger partial charge in [-0.1, -0.05) is 0 Å². The predicted molar refractivity (Wildman–Crippen MR) is 62.3 cm³/mol. The van der Waals surface area contributed by atoms with Crippen LogP contribution in [0.3, 0.4) is 0 Å². The van der Waals surface area contributed by atoms with E-state index in [0.29, 0.717) is 24.5 Å². The molecule has 16 heavy (non-hydrogen) atoms. The Morgan fingerprint density at radius 1 is 1.38 bits per heavy atom. The van der Waals surface area contributed by atoms with Crippen molar-refractivity contribution in [2.75, 3.05) is 26.7 Å². The molecule has 0 aromatic rings. The molecule has 0 atom stereocenters. The minimum absolute atomic E-state index is 0.313. The van der Waals surface area contributed by atoms with Crippen LogP contribution in [-0.4, -0.2) is 49.7 Å². The standard InChI is InChI=1S/C12H22N2O2/c1-16-11-8-10(9-11)13-5-4-12(15)14-6-2-3-7-14/h10-11,13H,2-9H2,1H3. The van der Waals surface area contributed by atoms with Gasteiger partial charge in [0.2, 0.25) is 5.91 Å². The van der Waals surface area contributed by atoms with Crippen LogP contribution in [0.25, 0.3) is 0 Å². The maximum absolute atomic E-state index is 11.7. The lowest BCUT2D eigenvalue weighted by Gasteiger charge is -2.34. The maximum Gasteiger partial charge on any atom is 0.223 e. The number of likely N-dealkylation sites (tertiary alicyclic amines) is 1. The minimum atomic E-state index is 0.313. The van der Waals surface area contributed by atoms with Crippen molar-refractivity contribution >= 4 is 5.91 Å². The zero-order valence-corrected chi connectivity index (χ0v) is 10.1. The highest BCUT2D eigenvalue weighted by Gasteiger charge is 2.28. The fourth-order valence-corrected chi connectivity index (χ4v) is 2.43. The molecule has 4 nitrogen and oxygen atoms in total. The normalized spacial score (nSPS) is 29.2. The molecule has 1 saturated carbocycles. The van der Waals surface area contributed by atoms with Crippen molar-refractivity contribution in [1.82, 2.24) is 10.2 Å². The number of nitrogens with zero attached hydrogens (tertiary/aromatic N) is 1. The van der Waals surface area contributed by atoms with E-state index in [1.54, 1.807) is 7.11 Å². The quantitative estimate of drug-likeness (QED) is 0.752. The summed E-state index contributed by atoms with van der Waals surface area (Å²) < 4.78 is 5.21. The lowest BCUT2D eigenvalue weighted by Crippen LogP contribution is -2.46. The minimum Gasteiger partial charge on any atom is -0.381 e. The number of hydrogen-bond acceptors (Lipinski definition) is 3. The van der Waals surface area contributed by atoms with E-state index in [9.17, 15) is 4.79 Å². The number of methoxy groups -OCH3 is 1.